The van der Waals surface area contributed by atoms with Crippen molar-refractivity contribution in [1.82, 2.24) is 5.32 Å². The van der Waals surface area contributed by atoms with Gasteiger partial charge < -0.3 is 19.5 Å². The van der Waals surface area contributed by atoms with Crippen LogP contribution in [0, 0.1) is 5.41 Å². The Balaban J connectivity index is 1.43. The first-order valence-electron chi connectivity index (χ1n) is 17.7. The minimum absolute atomic E-state index is 0.00687. The molecule has 0 saturated carbocycles. The summed E-state index contributed by atoms with van der Waals surface area (Å²) in [4.78, 5) is 38.6. The van der Waals surface area contributed by atoms with Crippen LogP contribution < -0.4 is 20.1 Å². The lowest BCUT2D eigenvalue weighted by atomic mass is 9.79. The monoisotopic (exact) mass is 684 g/mol. The van der Waals surface area contributed by atoms with Crippen molar-refractivity contribution in [3.63, 3.8) is 0 Å². The number of fused-ring (bicyclic) bond motifs is 1. The van der Waals surface area contributed by atoms with E-state index in [0.717, 1.165) is 41.8 Å². The molecule has 0 aromatic heterocycles. The molecule has 3 aromatic carbocycles. The van der Waals surface area contributed by atoms with Gasteiger partial charge in [0.15, 0.2) is 5.78 Å². The Kier molecular flexibility index (Phi) is 11.9. The molecular weight excluding hydrogens is 628 g/mol. The average molecular weight is 685 g/mol. The lowest BCUT2D eigenvalue weighted by Crippen LogP contribution is -2.50. The predicted molar refractivity (Wildman–Crippen MR) is 199 cm³/mol. The summed E-state index contributed by atoms with van der Waals surface area (Å²) >= 11 is 0. The van der Waals surface area contributed by atoms with E-state index in [4.69, 9.17) is 14.2 Å². The van der Waals surface area contributed by atoms with Gasteiger partial charge in [-0.3, -0.25) is 19.7 Å². The van der Waals surface area contributed by atoms with Crippen molar-refractivity contribution in [1.29, 1.82) is 0 Å². The van der Waals surface area contributed by atoms with Gasteiger partial charge in [-0.25, -0.2) is 0 Å². The highest BCUT2D eigenvalue weighted by Gasteiger charge is 2.29. The van der Waals surface area contributed by atoms with Gasteiger partial charge in [-0.1, -0.05) is 36.4 Å². The maximum Gasteiger partial charge on any atom is 0.323 e. The van der Waals surface area contributed by atoms with Gasteiger partial charge in [-0.2, -0.15) is 0 Å². The number of ether oxygens (including phenoxy) is 3. The number of benzene rings is 3. The Bertz CT molecular complexity index is 1680. The maximum absolute atomic E-state index is 13.7. The molecule has 50 heavy (non-hydrogen) atoms. The van der Waals surface area contributed by atoms with E-state index in [2.05, 4.69) is 36.6 Å². The largest absolute Gasteiger partial charge is 0.497 e. The lowest BCUT2D eigenvalue weighted by molar-refractivity contribution is -0.157. The fourth-order valence-electron chi connectivity index (χ4n) is 6.40. The number of hydrogen-bond donors (Lipinski definition) is 2. The third-order valence-corrected chi connectivity index (χ3v) is 8.95. The summed E-state index contributed by atoms with van der Waals surface area (Å²) in [5.74, 6) is 1.02. The van der Waals surface area contributed by atoms with Gasteiger partial charge in [0.1, 0.15) is 23.1 Å². The first kappa shape index (κ1) is 38.6. The molecule has 0 radical (unpaired) electrons. The van der Waals surface area contributed by atoms with Crippen LogP contribution in [0.2, 0.25) is 0 Å². The molecular formula is C42H56N2O6. The van der Waals surface area contributed by atoms with Crippen LogP contribution in [-0.2, 0) is 33.6 Å². The topological polar surface area (TPSA) is 103 Å². The van der Waals surface area contributed by atoms with Crippen molar-refractivity contribution >= 4 is 23.4 Å². The van der Waals surface area contributed by atoms with E-state index in [1.807, 2.05) is 104 Å². The van der Waals surface area contributed by atoms with E-state index in [1.165, 1.54) is 11.1 Å². The lowest BCUT2D eigenvalue weighted by Gasteiger charge is -2.31. The number of aryl methyl sites for hydroxylation is 1. The molecule has 0 saturated heterocycles. The Morgan fingerprint density at radius 2 is 1.48 bits per heavy atom. The molecule has 0 bridgehead atoms. The normalized spacial score (nSPS) is 16.1. The van der Waals surface area contributed by atoms with Crippen molar-refractivity contribution in [3.05, 3.63) is 88.5 Å². The summed E-state index contributed by atoms with van der Waals surface area (Å²) < 4.78 is 16.7. The van der Waals surface area contributed by atoms with Crippen molar-refractivity contribution in [2.45, 2.75) is 124 Å². The van der Waals surface area contributed by atoms with Gasteiger partial charge in [0, 0.05) is 22.9 Å². The number of hydrogen-bond acceptors (Lipinski definition) is 8. The molecule has 1 aliphatic rings. The van der Waals surface area contributed by atoms with E-state index in [-0.39, 0.29) is 29.2 Å². The standard InChI is InChI=1S/C42H56N2O6/c1-26(37(45)29-14-12-28(13-15-29)25-42(9,10)44-27(2)38(46)50-41(6,7)8)43-36-24-33(48-11)20-21-35(36)32-17-16-31-23-34(19-18-30(31)22-32)49-39(47)40(3,4)5/h12-15,18-21,23-24,26-27,32,43-44H,16-17,22,25H2,1-11H3. The fraction of sp³-hybridized carbons (Fsp3) is 0.500. The number of carbonyl (C=O) groups excluding carboxylic acids is 3. The molecule has 0 fully saturated rings. The summed E-state index contributed by atoms with van der Waals surface area (Å²) in [5, 5.41) is 6.90. The van der Waals surface area contributed by atoms with Crippen molar-refractivity contribution in [3.8, 4) is 11.5 Å². The Morgan fingerprint density at radius 1 is 0.820 bits per heavy atom. The summed E-state index contributed by atoms with van der Waals surface area (Å²) in [6.07, 6.45) is 3.30. The number of ketones is 1. The number of rotatable bonds is 12. The molecule has 270 valence electrons. The van der Waals surface area contributed by atoms with Crippen molar-refractivity contribution in [2.24, 2.45) is 5.41 Å². The van der Waals surface area contributed by atoms with Crippen molar-refractivity contribution in [2.75, 3.05) is 12.4 Å². The zero-order valence-electron chi connectivity index (χ0n) is 31.8. The predicted octanol–water partition coefficient (Wildman–Crippen LogP) is 8.24. The van der Waals surface area contributed by atoms with Crippen LogP contribution in [0.4, 0.5) is 5.69 Å². The van der Waals surface area contributed by atoms with Gasteiger partial charge >= 0.3 is 11.9 Å². The van der Waals surface area contributed by atoms with Crippen LogP contribution >= 0.6 is 0 Å². The number of carbonyl (C=O) groups is 3. The third-order valence-electron chi connectivity index (χ3n) is 8.95. The second-order valence-corrected chi connectivity index (χ2v) is 16.4. The number of Topliss-reactive ketones (excluding diaryl/α,β-unsaturated/α-hetero) is 1. The Morgan fingerprint density at radius 3 is 2.10 bits per heavy atom. The molecule has 8 heteroatoms. The summed E-state index contributed by atoms with van der Waals surface area (Å²) in [5.41, 5.74) is 4.67. The van der Waals surface area contributed by atoms with Gasteiger partial charge in [-0.05, 0) is 141 Å². The van der Waals surface area contributed by atoms with Gasteiger partial charge in [0.05, 0.1) is 18.6 Å². The molecule has 3 unspecified atom stereocenters. The van der Waals surface area contributed by atoms with Crippen LogP contribution in [0.25, 0.3) is 0 Å². The minimum Gasteiger partial charge on any atom is -0.497 e. The molecule has 0 heterocycles. The van der Waals surface area contributed by atoms with Crippen molar-refractivity contribution < 1.29 is 28.6 Å². The zero-order valence-corrected chi connectivity index (χ0v) is 31.8. The molecule has 4 rings (SSSR count). The molecule has 3 aromatic rings. The Labute approximate surface area is 298 Å². The highest BCUT2D eigenvalue weighted by atomic mass is 16.6. The van der Waals surface area contributed by atoms with E-state index < -0.39 is 23.1 Å². The number of methoxy groups -OCH3 is 1. The van der Waals surface area contributed by atoms with E-state index in [0.29, 0.717) is 17.7 Å². The molecule has 8 nitrogen and oxygen atoms in total. The van der Waals surface area contributed by atoms with E-state index in [1.54, 1.807) is 7.11 Å². The summed E-state index contributed by atoms with van der Waals surface area (Å²) in [6, 6.07) is 18.8. The first-order chi connectivity index (χ1) is 23.2. The second kappa shape index (κ2) is 15.4. The molecule has 1 aliphatic carbocycles. The third kappa shape index (κ3) is 10.4. The fourth-order valence-corrected chi connectivity index (χ4v) is 6.40. The number of anilines is 1. The quantitative estimate of drug-likeness (QED) is 0.112. The van der Waals surface area contributed by atoms with Crippen LogP contribution in [0.1, 0.15) is 114 Å². The van der Waals surface area contributed by atoms with E-state index in [9.17, 15) is 14.4 Å². The summed E-state index contributed by atoms with van der Waals surface area (Å²) in [6.45, 7) is 18.9. The minimum atomic E-state index is -0.569. The van der Waals surface area contributed by atoms with Gasteiger partial charge in [0.2, 0.25) is 0 Å². The number of esters is 2. The van der Waals surface area contributed by atoms with Gasteiger partial charge in [0.25, 0.3) is 0 Å². The maximum atomic E-state index is 13.7. The smallest absolute Gasteiger partial charge is 0.323 e. The molecule has 2 N–H and O–H groups in total. The number of nitrogens with one attached hydrogen (secondary N) is 2. The zero-order chi connectivity index (χ0) is 37.0. The molecule has 0 aliphatic heterocycles. The highest BCUT2D eigenvalue weighted by Crippen LogP contribution is 2.39. The van der Waals surface area contributed by atoms with Crippen LogP contribution in [0.5, 0.6) is 11.5 Å². The van der Waals surface area contributed by atoms with Crippen LogP contribution in [-0.4, -0.2) is 48.1 Å². The van der Waals surface area contributed by atoms with Crippen LogP contribution in [0.3, 0.4) is 0 Å². The summed E-state index contributed by atoms with van der Waals surface area (Å²) in [7, 11) is 1.64. The SMILES string of the molecule is COc1ccc(C2CCc3cc(OC(=O)C(C)(C)C)ccc3C2)c(NC(C)C(=O)c2ccc(CC(C)(C)NC(C)C(=O)OC(C)(C)C)cc2)c1. The Hall–Kier alpha value is -4.17. The van der Waals surface area contributed by atoms with Crippen LogP contribution in [0.15, 0.2) is 60.7 Å². The molecule has 3 atom stereocenters. The molecule has 0 amide bonds. The average Bonchev–Trinajstić information content (AvgIpc) is 3.02. The van der Waals surface area contributed by atoms with Gasteiger partial charge in [-0.15, -0.1) is 0 Å². The second-order valence-electron chi connectivity index (χ2n) is 16.4. The molecule has 0 spiro atoms. The van der Waals surface area contributed by atoms with E-state index >= 15 is 0 Å². The highest BCUT2D eigenvalue weighted by molar-refractivity contribution is 6.01. The first-order valence-corrected chi connectivity index (χ1v) is 17.7.